The number of rotatable bonds is 2. The summed E-state index contributed by atoms with van der Waals surface area (Å²) in [6.07, 6.45) is -1.34. The van der Waals surface area contributed by atoms with Crippen LogP contribution in [0, 0.1) is 5.82 Å². The third-order valence-corrected chi connectivity index (χ3v) is 2.29. The van der Waals surface area contributed by atoms with Gasteiger partial charge in [-0.3, -0.25) is 0 Å². The van der Waals surface area contributed by atoms with E-state index in [1.165, 1.54) is 25.3 Å². The minimum atomic E-state index is -1.34. The Morgan fingerprint density at radius 1 is 1.58 bits per heavy atom. The topological polar surface area (TPSA) is 29.1 Å². The summed E-state index contributed by atoms with van der Waals surface area (Å²) in [5.74, 6) is -0.453. The van der Waals surface area contributed by atoms with Gasteiger partial charge in [-0.1, -0.05) is 12.1 Å². The summed E-state index contributed by atoms with van der Waals surface area (Å²) in [5, 5.41) is 11.1. The molecule has 0 aliphatic heterocycles. The molecule has 1 atom stereocenters. The number of methoxy groups -OCH3 is 1. The fraction of sp³-hybridized carbons (Fsp3) is 0.250. The van der Waals surface area contributed by atoms with E-state index in [0.29, 0.717) is 0 Å². The van der Waals surface area contributed by atoms with Crippen LogP contribution in [0.1, 0.15) is 11.9 Å². The van der Waals surface area contributed by atoms with E-state index in [0.717, 1.165) is 0 Å². The summed E-state index contributed by atoms with van der Waals surface area (Å²) in [5.41, 5.74) is 0.275. The van der Waals surface area contributed by atoms with Gasteiger partial charge in [-0.2, -0.15) is 5.11 Å². The van der Waals surface area contributed by atoms with Crippen molar-refractivity contribution in [1.82, 2.24) is 0 Å². The van der Waals surface area contributed by atoms with Gasteiger partial charge in [0.2, 0.25) is 6.29 Å². The molecule has 0 heterocycles. The van der Waals surface area contributed by atoms with Gasteiger partial charge in [-0.25, -0.2) is 4.39 Å². The van der Waals surface area contributed by atoms with E-state index in [1.54, 1.807) is 0 Å². The largest absolute Gasteiger partial charge is 0.349 e. The molecule has 65 valence electrons. The summed E-state index contributed by atoms with van der Waals surface area (Å²) < 4.78 is 17.5. The van der Waals surface area contributed by atoms with Gasteiger partial charge in [0, 0.05) is 12.7 Å². The Morgan fingerprint density at radius 2 is 2.25 bits per heavy atom. The highest BCUT2D eigenvalue weighted by Gasteiger charge is 2.13. The summed E-state index contributed by atoms with van der Waals surface area (Å²) in [6, 6.07) is 4.27. The van der Waals surface area contributed by atoms with Crippen LogP contribution in [0.25, 0.3) is 0 Å². The summed E-state index contributed by atoms with van der Waals surface area (Å²) in [6.45, 7) is 0. The molecular formula is C8H7BrFO2. The van der Waals surface area contributed by atoms with Crippen molar-refractivity contribution in [2.24, 2.45) is 0 Å². The van der Waals surface area contributed by atoms with Gasteiger partial charge < -0.3 is 4.74 Å². The highest BCUT2D eigenvalue weighted by molar-refractivity contribution is 9.10. The maximum atomic E-state index is 12.8. The van der Waals surface area contributed by atoms with Gasteiger partial charge in [-0.15, -0.1) is 0 Å². The molecule has 1 radical (unpaired) electrons. The first-order valence-corrected chi connectivity index (χ1v) is 4.08. The zero-order chi connectivity index (χ0) is 9.14. The maximum Gasteiger partial charge on any atom is 0.218 e. The molecule has 0 saturated heterocycles. The van der Waals surface area contributed by atoms with Crippen LogP contribution in [0.2, 0.25) is 0 Å². The Kier molecular flexibility index (Phi) is 3.20. The van der Waals surface area contributed by atoms with Crippen molar-refractivity contribution in [3.63, 3.8) is 0 Å². The molecule has 0 aromatic heterocycles. The van der Waals surface area contributed by atoms with Crippen molar-refractivity contribution in [2.45, 2.75) is 6.29 Å². The molecule has 0 N–H and O–H groups in total. The molecule has 1 aromatic rings. The van der Waals surface area contributed by atoms with Crippen molar-refractivity contribution in [3.05, 3.63) is 34.1 Å². The number of ether oxygens (including phenoxy) is 1. The Labute approximate surface area is 78.1 Å². The molecule has 2 nitrogen and oxygen atoms in total. The Bertz CT molecular complexity index is 278. The van der Waals surface area contributed by atoms with E-state index in [-0.39, 0.29) is 10.0 Å². The highest BCUT2D eigenvalue weighted by Crippen LogP contribution is 2.26. The van der Waals surface area contributed by atoms with Gasteiger partial charge >= 0.3 is 0 Å². The van der Waals surface area contributed by atoms with Gasteiger partial charge in [0.05, 0.1) is 4.47 Å². The fourth-order valence-corrected chi connectivity index (χ4v) is 1.28. The van der Waals surface area contributed by atoms with Crippen LogP contribution in [0.5, 0.6) is 0 Å². The molecule has 0 amide bonds. The van der Waals surface area contributed by atoms with Gasteiger partial charge in [0.15, 0.2) is 0 Å². The van der Waals surface area contributed by atoms with Crippen molar-refractivity contribution in [1.29, 1.82) is 0 Å². The fourth-order valence-electron chi connectivity index (χ4n) is 0.829. The Balaban J connectivity index is 3.07. The van der Waals surface area contributed by atoms with Gasteiger partial charge in [0.25, 0.3) is 0 Å². The minimum Gasteiger partial charge on any atom is -0.349 e. The second-order valence-electron chi connectivity index (χ2n) is 2.21. The van der Waals surface area contributed by atoms with Crippen molar-refractivity contribution < 1.29 is 14.2 Å². The standard InChI is InChI=1S/C8H7BrFO2/c1-12-8(11)5-3-2-4-6(10)7(5)9/h2-4,8H,1H3. The predicted octanol–water partition coefficient (Wildman–Crippen LogP) is 2.66. The molecule has 0 aliphatic carbocycles. The summed E-state index contributed by atoms with van der Waals surface area (Å²) in [7, 11) is 1.29. The second kappa shape index (κ2) is 3.98. The average molecular weight is 234 g/mol. The Morgan fingerprint density at radius 3 is 2.83 bits per heavy atom. The van der Waals surface area contributed by atoms with Crippen LogP contribution in [0.15, 0.2) is 22.7 Å². The lowest BCUT2D eigenvalue weighted by molar-refractivity contribution is -0.123. The zero-order valence-electron chi connectivity index (χ0n) is 6.38. The van der Waals surface area contributed by atoms with E-state index in [2.05, 4.69) is 20.7 Å². The van der Waals surface area contributed by atoms with Crippen molar-refractivity contribution in [2.75, 3.05) is 7.11 Å². The first kappa shape index (κ1) is 9.64. The quantitative estimate of drug-likeness (QED) is 0.723. The molecule has 4 heteroatoms. The number of benzene rings is 1. The maximum absolute atomic E-state index is 12.8. The molecule has 1 rings (SSSR count). The summed E-state index contributed by atoms with van der Waals surface area (Å²) >= 11 is 2.97. The molecule has 0 spiro atoms. The average Bonchev–Trinajstić information content (AvgIpc) is 2.08. The SMILES string of the molecule is COC([O])c1cccc(F)c1Br. The van der Waals surface area contributed by atoms with Crippen LogP contribution >= 0.6 is 15.9 Å². The molecule has 0 saturated carbocycles. The van der Waals surface area contributed by atoms with E-state index < -0.39 is 12.1 Å². The van der Waals surface area contributed by atoms with E-state index in [4.69, 9.17) is 0 Å². The van der Waals surface area contributed by atoms with E-state index >= 15 is 0 Å². The second-order valence-corrected chi connectivity index (χ2v) is 3.00. The number of hydrogen-bond donors (Lipinski definition) is 0. The lowest BCUT2D eigenvalue weighted by atomic mass is 10.2. The Hall–Kier alpha value is -0.450. The lowest BCUT2D eigenvalue weighted by Gasteiger charge is -2.08. The van der Waals surface area contributed by atoms with E-state index in [9.17, 15) is 9.50 Å². The molecule has 1 unspecified atom stereocenters. The molecule has 12 heavy (non-hydrogen) atoms. The molecular weight excluding hydrogens is 227 g/mol. The minimum absolute atomic E-state index is 0.173. The van der Waals surface area contributed by atoms with Gasteiger partial charge in [0.1, 0.15) is 5.82 Å². The number of halogens is 2. The third-order valence-electron chi connectivity index (χ3n) is 1.45. The molecule has 0 fully saturated rings. The molecule has 0 aliphatic rings. The molecule has 1 aromatic carbocycles. The van der Waals surface area contributed by atoms with Crippen molar-refractivity contribution >= 4 is 15.9 Å². The van der Waals surface area contributed by atoms with Crippen LogP contribution < -0.4 is 0 Å². The smallest absolute Gasteiger partial charge is 0.218 e. The molecule has 0 bridgehead atoms. The van der Waals surface area contributed by atoms with Crippen LogP contribution in [0.3, 0.4) is 0 Å². The van der Waals surface area contributed by atoms with E-state index in [1.807, 2.05) is 0 Å². The van der Waals surface area contributed by atoms with Crippen LogP contribution in [-0.4, -0.2) is 7.11 Å². The zero-order valence-corrected chi connectivity index (χ0v) is 7.97. The lowest BCUT2D eigenvalue weighted by Crippen LogP contribution is -1.99. The normalized spacial score (nSPS) is 13.0. The monoisotopic (exact) mass is 233 g/mol. The van der Waals surface area contributed by atoms with Crippen LogP contribution in [-0.2, 0) is 9.84 Å². The predicted molar refractivity (Wildman–Crippen MR) is 44.5 cm³/mol. The van der Waals surface area contributed by atoms with Crippen molar-refractivity contribution in [3.8, 4) is 0 Å². The first-order valence-electron chi connectivity index (χ1n) is 3.29. The highest BCUT2D eigenvalue weighted by atomic mass is 79.9. The van der Waals surface area contributed by atoms with Crippen LogP contribution in [0.4, 0.5) is 4.39 Å². The number of hydrogen-bond acceptors (Lipinski definition) is 1. The summed E-state index contributed by atoms with van der Waals surface area (Å²) in [4.78, 5) is 0. The third kappa shape index (κ3) is 1.83. The first-order chi connectivity index (χ1) is 5.66. The van der Waals surface area contributed by atoms with Gasteiger partial charge in [-0.05, 0) is 22.0 Å².